The summed E-state index contributed by atoms with van der Waals surface area (Å²) in [5.41, 5.74) is -1.07. The van der Waals surface area contributed by atoms with Crippen LogP contribution in [0.15, 0.2) is 24.0 Å². The molecule has 42 heavy (non-hydrogen) atoms. The van der Waals surface area contributed by atoms with Gasteiger partial charge in [0, 0.05) is 6.54 Å². The fourth-order valence-corrected chi connectivity index (χ4v) is 7.53. The lowest BCUT2D eigenvalue weighted by Crippen LogP contribution is -2.54. The monoisotopic (exact) mass is 595 g/mol. The molecule has 1 aromatic rings. The summed E-state index contributed by atoms with van der Waals surface area (Å²) < 4.78 is 72.6. The van der Waals surface area contributed by atoms with Crippen molar-refractivity contribution in [1.82, 2.24) is 4.90 Å². The van der Waals surface area contributed by atoms with Crippen LogP contribution in [0.4, 0.5) is 13.2 Å². The number of alkyl halides is 3. The number of methoxy groups -OCH3 is 1. The van der Waals surface area contributed by atoms with Crippen molar-refractivity contribution in [3.05, 3.63) is 35.1 Å². The van der Waals surface area contributed by atoms with Crippen LogP contribution >= 0.6 is 0 Å². The highest BCUT2D eigenvalue weighted by atomic mass is 19.4. The Hall–Kier alpha value is -2.99. The van der Waals surface area contributed by atoms with Gasteiger partial charge in [-0.05, 0) is 88.3 Å². The molecule has 0 bridgehead atoms. The summed E-state index contributed by atoms with van der Waals surface area (Å²) in [7, 11) is 1.53. The molecule has 4 atom stereocenters. The maximum Gasteiger partial charge on any atom is 0.422 e. The van der Waals surface area contributed by atoms with E-state index in [1.54, 1.807) is 13.8 Å². The number of hydrogen-bond acceptors (Lipinski definition) is 9. The number of hydrogen-bond donors (Lipinski definition) is 0. The van der Waals surface area contributed by atoms with Crippen molar-refractivity contribution < 1.29 is 51.2 Å². The third-order valence-corrected chi connectivity index (χ3v) is 9.23. The summed E-state index contributed by atoms with van der Waals surface area (Å²) in [6.45, 7) is 3.61. The molecule has 0 aromatic heterocycles. The smallest absolute Gasteiger partial charge is 0.422 e. The predicted molar refractivity (Wildman–Crippen MR) is 141 cm³/mol. The van der Waals surface area contributed by atoms with Gasteiger partial charge in [0.15, 0.2) is 29.8 Å². The van der Waals surface area contributed by atoms with Crippen LogP contribution in [0.1, 0.15) is 69.4 Å². The van der Waals surface area contributed by atoms with Crippen molar-refractivity contribution in [1.29, 1.82) is 0 Å². The van der Waals surface area contributed by atoms with E-state index in [0.717, 1.165) is 43.5 Å². The molecule has 2 fully saturated rings. The van der Waals surface area contributed by atoms with E-state index < -0.39 is 54.0 Å². The summed E-state index contributed by atoms with van der Waals surface area (Å²) in [5, 5.41) is 0. The normalized spacial score (nSPS) is 31.3. The quantitative estimate of drug-likeness (QED) is 0.439. The predicted octanol–water partition coefficient (Wildman–Crippen LogP) is 4.56. The Labute approximate surface area is 242 Å². The van der Waals surface area contributed by atoms with Crippen molar-refractivity contribution in [2.45, 2.75) is 93.7 Å². The molecule has 0 saturated carbocycles. The highest BCUT2D eigenvalue weighted by molar-refractivity contribution is 5.86. The molecule has 1 unspecified atom stereocenters. The minimum absolute atomic E-state index is 0.104. The molecule has 9 nitrogen and oxygen atoms in total. The molecule has 0 amide bonds. The van der Waals surface area contributed by atoms with E-state index in [2.05, 4.69) is 15.7 Å². The van der Waals surface area contributed by atoms with Crippen molar-refractivity contribution in [2.75, 3.05) is 33.6 Å². The van der Waals surface area contributed by atoms with Gasteiger partial charge in [-0.15, -0.1) is 0 Å². The largest absolute Gasteiger partial charge is 0.497 e. The number of halogens is 3. The van der Waals surface area contributed by atoms with Gasteiger partial charge in [0.2, 0.25) is 6.79 Å². The molecule has 2 saturated heterocycles. The number of fused-ring (bicyclic) bond motifs is 3. The number of esters is 2. The number of benzene rings is 1. The lowest BCUT2D eigenvalue weighted by atomic mass is 9.77. The van der Waals surface area contributed by atoms with Gasteiger partial charge in [0.25, 0.3) is 0 Å². The third-order valence-electron chi connectivity index (χ3n) is 9.23. The molecule has 4 heterocycles. The number of rotatable bonds is 6. The first-order valence-corrected chi connectivity index (χ1v) is 14.4. The van der Waals surface area contributed by atoms with E-state index in [1.165, 1.54) is 7.11 Å². The summed E-state index contributed by atoms with van der Waals surface area (Å²) in [6.07, 6.45) is -0.424. The molecule has 5 aliphatic rings. The molecule has 6 rings (SSSR count). The van der Waals surface area contributed by atoms with E-state index in [9.17, 15) is 22.8 Å². The Morgan fingerprint density at radius 2 is 1.83 bits per heavy atom. The molecule has 1 aromatic carbocycles. The van der Waals surface area contributed by atoms with E-state index in [4.69, 9.17) is 23.7 Å². The van der Waals surface area contributed by atoms with Crippen LogP contribution in [0.5, 0.6) is 11.5 Å². The Morgan fingerprint density at radius 1 is 1.07 bits per heavy atom. The SMILES string of the molecule is COC1=C[C@]23CCCN2CCc2cc4c(cc2[C@@H]3C1OC(=O)[C@@]1(CC(=O)OCC(F)(F)F)CCCC(C)(C)O1)OCO4. The fraction of sp³-hybridized carbons (Fsp3) is 0.667. The van der Waals surface area contributed by atoms with Crippen LogP contribution < -0.4 is 9.47 Å². The summed E-state index contributed by atoms with van der Waals surface area (Å²) >= 11 is 0. The highest BCUT2D eigenvalue weighted by Crippen LogP contribution is 2.56. The van der Waals surface area contributed by atoms with E-state index >= 15 is 0 Å². The van der Waals surface area contributed by atoms with Gasteiger partial charge in [0.05, 0.1) is 30.6 Å². The Balaban J connectivity index is 1.36. The van der Waals surface area contributed by atoms with Gasteiger partial charge in [-0.25, -0.2) is 4.79 Å². The molecule has 230 valence electrons. The first-order valence-electron chi connectivity index (χ1n) is 14.4. The Morgan fingerprint density at radius 3 is 2.55 bits per heavy atom. The molecule has 1 aliphatic carbocycles. The maximum atomic E-state index is 14.2. The molecular formula is C30H36F3NO8. The zero-order chi connectivity index (χ0) is 29.9. The Bertz CT molecular complexity index is 1300. The molecule has 0 N–H and O–H groups in total. The second-order valence-corrected chi connectivity index (χ2v) is 12.5. The van der Waals surface area contributed by atoms with Crippen LogP contribution in [0, 0.1) is 0 Å². The summed E-state index contributed by atoms with van der Waals surface area (Å²) in [6, 6.07) is 3.95. The topological polar surface area (TPSA) is 92.8 Å². The minimum Gasteiger partial charge on any atom is -0.497 e. The second-order valence-electron chi connectivity index (χ2n) is 12.5. The van der Waals surface area contributed by atoms with Gasteiger partial charge in [-0.2, -0.15) is 13.2 Å². The molecule has 4 aliphatic heterocycles. The van der Waals surface area contributed by atoms with Crippen LogP contribution in [0.3, 0.4) is 0 Å². The first kappa shape index (κ1) is 29.1. The third kappa shape index (κ3) is 5.10. The maximum absolute atomic E-state index is 14.2. The number of carbonyl (C=O) groups excluding carboxylic acids is 2. The van der Waals surface area contributed by atoms with Gasteiger partial charge in [-0.3, -0.25) is 9.69 Å². The van der Waals surface area contributed by atoms with Gasteiger partial charge in [0.1, 0.15) is 5.76 Å². The van der Waals surface area contributed by atoms with Crippen molar-refractivity contribution in [3.63, 3.8) is 0 Å². The van der Waals surface area contributed by atoms with Gasteiger partial charge >= 0.3 is 18.1 Å². The molecule has 1 spiro atoms. The average molecular weight is 596 g/mol. The lowest BCUT2D eigenvalue weighted by molar-refractivity contribution is -0.220. The second kappa shape index (κ2) is 10.3. The minimum atomic E-state index is -4.69. The van der Waals surface area contributed by atoms with Gasteiger partial charge < -0.3 is 28.4 Å². The van der Waals surface area contributed by atoms with Crippen molar-refractivity contribution >= 4 is 11.9 Å². The van der Waals surface area contributed by atoms with Crippen molar-refractivity contribution in [3.8, 4) is 11.5 Å². The summed E-state index contributed by atoms with van der Waals surface area (Å²) in [5.74, 6) is -0.576. The first-order chi connectivity index (χ1) is 19.8. The van der Waals surface area contributed by atoms with Crippen LogP contribution in [0.2, 0.25) is 0 Å². The fourth-order valence-electron chi connectivity index (χ4n) is 7.53. The number of carbonyl (C=O) groups is 2. The average Bonchev–Trinajstić information content (AvgIpc) is 3.60. The van der Waals surface area contributed by atoms with Crippen molar-refractivity contribution in [2.24, 2.45) is 0 Å². The van der Waals surface area contributed by atoms with Crippen LogP contribution in [-0.2, 0) is 35.0 Å². The standard InChI is InChI=1S/C30H36F3NO8/c1-27(2)7-4-9-29(42-27,15-23(35)38-16-30(31,32)33)26(36)41-25-22(37-3)14-28-8-5-10-34(28)11-6-18-12-20-21(40-17-39-20)13-19(18)24(25)28/h12-14,24-25H,4-11,15-17H2,1-3H3/t24-,25?,28+,29+/m1/s1. The highest BCUT2D eigenvalue weighted by Gasteiger charge is 2.60. The number of ether oxygens (including phenoxy) is 6. The van der Waals surface area contributed by atoms with E-state index in [0.29, 0.717) is 30.1 Å². The van der Waals surface area contributed by atoms with E-state index in [1.807, 2.05) is 12.1 Å². The number of nitrogens with zero attached hydrogens (tertiary/aromatic N) is 1. The van der Waals surface area contributed by atoms with Gasteiger partial charge in [-0.1, -0.05) is 0 Å². The van der Waals surface area contributed by atoms with E-state index in [-0.39, 0.29) is 19.1 Å². The molecule has 12 heteroatoms. The molecule has 0 radical (unpaired) electrons. The molecular weight excluding hydrogens is 559 g/mol. The zero-order valence-electron chi connectivity index (χ0n) is 24.0. The zero-order valence-corrected chi connectivity index (χ0v) is 24.0. The van der Waals surface area contributed by atoms with Crippen LogP contribution in [0.25, 0.3) is 0 Å². The van der Waals surface area contributed by atoms with Crippen LogP contribution in [-0.4, -0.2) is 79.5 Å². The Kier molecular flexibility index (Phi) is 7.15. The lowest BCUT2D eigenvalue weighted by Gasteiger charge is -2.44. The summed E-state index contributed by atoms with van der Waals surface area (Å²) in [4.78, 5) is 29.2.